The van der Waals surface area contributed by atoms with Gasteiger partial charge in [-0.2, -0.15) is 0 Å². The first-order chi connectivity index (χ1) is 13.7. The number of nitro benzene ring substituents is 1. The number of hydrogen-bond acceptors (Lipinski definition) is 8. The number of esters is 1. The summed E-state index contributed by atoms with van der Waals surface area (Å²) in [6.45, 7) is 1.55. The fourth-order valence-electron chi connectivity index (χ4n) is 2.69. The lowest BCUT2D eigenvalue weighted by Gasteiger charge is -2.07. The molecule has 0 radical (unpaired) electrons. The minimum absolute atomic E-state index is 0.00360. The molecular weight excluding hydrogens is 391 g/mol. The molecule has 150 valence electrons. The smallest absolute Gasteiger partial charge is 0.371 e. The van der Waals surface area contributed by atoms with E-state index in [1.807, 2.05) is 0 Å². The molecule has 0 aliphatic rings. The molecule has 0 aliphatic carbocycles. The summed E-state index contributed by atoms with van der Waals surface area (Å²) in [5, 5.41) is 41.8. The molecule has 1 aromatic carbocycles. The monoisotopic (exact) mass is 404 g/mol. The van der Waals surface area contributed by atoms with Gasteiger partial charge in [0, 0.05) is 23.3 Å². The predicted molar refractivity (Wildman–Crippen MR) is 94.4 cm³/mol. The van der Waals surface area contributed by atoms with Gasteiger partial charge in [0.15, 0.2) is 11.9 Å². The number of nitro groups is 1. The van der Waals surface area contributed by atoms with Gasteiger partial charge in [-0.05, 0) is 18.6 Å². The van der Waals surface area contributed by atoms with E-state index in [9.17, 15) is 34.7 Å². The molecule has 3 rings (SSSR count). The van der Waals surface area contributed by atoms with Crippen LogP contribution in [0.25, 0.3) is 22.5 Å². The van der Waals surface area contributed by atoms with Crippen molar-refractivity contribution >= 4 is 11.7 Å². The third-order valence-corrected chi connectivity index (χ3v) is 3.98. The van der Waals surface area contributed by atoms with Crippen LogP contribution in [0, 0.1) is 21.3 Å². The summed E-state index contributed by atoms with van der Waals surface area (Å²) in [6, 6.07) is 3.98. The van der Waals surface area contributed by atoms with E-state index in [1.54, 1.807) is 6.92 Å². The predicted octanol–water partition coefficient (Wildman–Crippen LogP) is 2.88. The van der Waals surface area contributed by atoms with Crippen molar-refractivity contribution in [3.63, 3.8) is 0 Å². The molecule has 11 heteroatoms. The number of carbonyl (C=O) groups is 1. The van der Waals surface area contributed by atoms with E-state index in [-0.39, 0.29) is 39.4 Å². The first kappa shape index (κ1) is 19.6. The van der Waals surface area contributed by atoms with Crippen molar-refractivity contribution in [1.29, 1.82) is 0 Å². The van der Waals surface area contributed by atoms with Gasteiger partial charge in [0.2, 0.25) is 5.75 Å². The minimum atomic E-state index is -1.15. The van der Waals surface area contributed by atoms with E-state index in [0.29, 0.717) is 0 Å². The molecular formula is C18H13FN2O8. The maximum absolute atomic E-state index is 13.7. The van der Waals surface area contributed by atoms with Crippen molar-refractivity contribution in [3.8, 4) is 33.9 Å². The average Bonchev–Trinajstić information content (AvgIpc) is 3.11. The van der Waals surface area contributed by atoms with Gasteiger partial charge in [-0.25, -0.2) is 4.79 Å². The molecule has 0 bridgehead atoms. The quantitative estimate of drug-likeness (QED) is 0.125. The molecule has 0 unspecified atom stereocenters. The van der Waals surface area contributed by atoms with Gasteiger partial charge >= 0.3 is 17.6 Å². The standard InChI is InChI=1S/C18H13FN2O8/c1-2-28-18(24)15-11(10-5-12(21(26)27)16(23)13(22)6-10)8-29-17(15)9-3-4-20(25)14(19)7-9/h3-8,22-23H,2H2,1H3. The van der Waals surface area contributed by atoms with Crippen LogP contribution in [-0.2, 0) is 4.74 Å². The summed E-state index contributed by atoms with van der Waals surface area (Å²) >= 11 is 0. The Balaban J connectivity index is 2.25. The first-order valence-corrected chi connectivity index (χ1v) is 8.13. The highest BCUT2D eigenvalue weighted by Gasteiger charge is 2.28. The number of ether oxygens (including phenoxy) is 1. The zero-order valence-corrected chi connectivity index (χ0v) is 14.8. The normalized spacial score (nSPS) is 10.7. The summed E-state index contributed by atoms with van der Waals surface area (Å²) in [7, 11) is 0. The van der Waals surface area contributed by atoms with Gasteiger partial charge < -0.3 is 24.6 Å². The zero-order chi connectivity index (χ0) is 21.3. The maximum atomic E-state index is 13.7. The van der Waals surface area contributed by atoms with Crippen LogP contribution < -0.4 is 4.73 Å². The largest absolute Gasteiger partial charge is 0.617 e. The Bertz CT molecular complexity index is 1130. The summed E-state index contributed by atoms with van der Waals surface area (Å²) in [6.07, 6.45) is 1.94. The van der Waals surface area contributed by atoms with Crippen molar-refractivity contribution in [2.45, 2.75) is 6.92 Å². The Kier molecular flexibility index (Phi) is 5.05. The Labute approximate surface area is 161 Å². The molecule has 2 aromatic heterocycles. The number of rotatable bonds is 5. The molecule has 0 saturated heterocycles. The Morgan fingerprint density at radius 1 is 1.31 bits per heavy atom. The second-order valence-electron chi connectivity index (χ2n) is 5.76. The van der Waals surface area contributed by atoms with E-state index >= 15 is 0 Å². The van der Waals surface area contributed by atoms with Gasteiger partial charge in [0.05, 0.1) is 23.9 Å². The fraction of sp³-hybridized carbons (Fsp3) is 0.111. The number of benzene rings is 1. The maximum Gasteiger partial charge on any atom is 0.371 e. The van der Waals surface area contributed by atoms with Crippen LogP contribution in [0.2, 0.25) is 0 Å². The van der Waals surface area contributed by atoms with Crippen LogP contribution in [0.3, 0.4) is 0 Å². The Morgan fingerprint density at radius 3 is 2.66 bits per heavy atom. The second kappa shape index (κ2) is 7.46. The van der Waals surface area contributed by atoms with Crippen LogP contribution in [0.15, 0.2) is 41.1 Å². The summed E-state index contributed by atoms with van der Waals surface area (Å²) in [5.74, 6) is -3.89. The van der Waals surface area contributed by atoms with E-state index in [4.69, 9.17) is 9.15 Å². The van der Waals surface area contributed by atoms with Crippen molar-refractivity contribution in [2.75, 3.05) is 6.61 Å². The lowest BCUT2D eigenvalue weighted by molar-refractivity contribution is -0.637. The van der Waals surface area contributed by atoms with Crippen LogP contribution in [0.1, 0.15) is 17.3 Å². The highest BCUT2D eigenvalue weighted by molar-refractivity contribution is 6.03. The zero-order valence-electron chi connectivity index (χ0n) is 14.8. The number of pyridine rings is 1. The molecule has 29 heavy (non-hydrogen) atoms. The molecule has 0 aliphatic heterocycles. The van der Waals surface area contributed by atoms with E-state index in [0.717, 1.165) is 30.7 Å². The molecule has 2 N–H and O–H groups in total. The number of nitrogens with zero attached hydrogens (tertiary/aromatic N) is 2. The number of carbonyl (C=O) groups excluding carboxylic acids is 1. The number of hydrogen-bond donors (Lipinski definition) is 2. The molecule has 3 aromatic rings. The molecule has 0 fully saturated rings. The number of aromatic nitrogens is 1. The molecule has 2 heterocycles. The Morgan fingerprint density at radius 2 is 2.03 bits per heavy atom. The number of aromatic hydroxyl groups is 2. The topological polar surface area (TPSA) is 150 Å². The third-order valence-electron chi connectivity index (χ3n) is 3.98. The first-order valence-electron chi connectivity index (χ1n) is 8.13. The van der Waals surface area contributed by atoms with Crippen LogP contribution in [0.5, 0.6) is 11.5 Å². The highest BCUT2D eigenvalue weighted by atomic mass is 19.1. The fourth-order valence-corrected chi connectivity index (χ4v) is 2.69. The van der Waals surface area contributed by atoms with E-state index in [1.165, 1.54) is 6.07 Å². The number of halogens is 1. The van der Waals surface area contributed by atoms with Crippen LogP contribution in [0.4, 0.5) is 10.1 Å². The molecule has 0 amide bonds. The van der Waals surface area contributed by atoms with Gasteiger partial charge in [-0.15, -0.1) is 9.12 Å². The van der Waals surface area contributed by atoms with E-state index < -0.39 is 34.0 Å². The Hall–Kier alpha value is -4.15. The van der Waals surface area contributed by atoms with Gasteiger partial charge in [-0.1, -0.05) is 0 Å². The second-order valence-corrected chi connectivity index (χ2v) is 5.76. The number of phenols is 2. The molecule has 10 nitrogen and oxygen atoms in total. The van der Waals surface area contributed by atoms with Gasteiger partial charge in [-0.3, -0.25) is 10.1 Å². The summed E-state index contributed by atoms with van der Waals surface area (Å²) < 4.78 is 24.0. The number of phenolic OH excluding ortho intramolecular Hbond substituents is 2. The highest BCUT2D eigenvalue weighted by Crippen LogP contribution is 2.42. The van der Waals surface area contributed by atoms with Crippen LogP contribution in [-0.4, -0.2) is 27.7 Å². The average molecular weight is 404 g/mol. The molecule has 0 saturated carbocycles. The van der Waals surface area contributed by atoms with Crippen molar-refractivity contribution in [2.24, 2.45) is 0 Å². The lowest BCUT2D eigenvalue weighted by atomic mass is 9.99. The van der Waals surface area contributed by atoms with Gasteiger partial charge in [0.1, 0.15) is 11.3 Å². The summed E-state index contributed by atoms with van der Waals surface area (Å²) in [5.41, 5.74) is -0.983. The SMILES string of the molecule is CCOC(=O)c1c(-c2cc(O)c(O)c([N+](=O)[O-])c2)coc1-c1cc[n+]([O-])c(F)c1. The third kappa shape index (κ3) is 3.52. The number of furan rings is 1. The van der Waals surface area contributed by atoms with Crippen LogP contribution >= 0.6 is 0 Å². The van der Waals surface area contributed by atoms with Crippen molar-refractivity contribution in [3.05, 3.63) is 63.6 Å². The van der Waals surface area contributed by atoms with Gasteiger partial charge in [0.25, 0.3) is 0 Å². The van der Waals surface area contributed by atoms with Crippen molar-refractivity contribution in [1.82, 2.24) is 0 Å². The minimum Gasteiger partial charge on any atom is -0.617 e. The van der Waals surface area contributed by atoms with Crippen molar-refractivity contribution < 1.29 is 38.2 Å². The lowest BCUT2D eigenvalue weighted by Crippen LogP contribution is -2.30. The molecule has 0 spiro atoms. The van der Waals surface area contributed by atoms with E-state index in [2.05, 4.69) is 0 Å². The molecule has 0 atom stereocenters. The summed E-state index contributed by atoms with van der Waals surface area (Å²) in [4.78, 5) is 22.7.